The molecule has 1 unspecified atom stereocenters. The van der Waals surface area contributed by atoms with Gasteiger partial charge in [-0.1, -0.05) is 38.1 Å². The summed E-state index contributed by atoms with van der Waals surface area (Å²) >= 11 is 0. The zero-order valence-electron chi connectivity index (χ0n) is 13.1. The largest absolute Gasteiger partial charge is 0.309 e. The van der Waals surface area contributed by atoms with E-state index in [1.54, 1.807) is 0 Å². The first-order chi connectivity index (χ1) is 9.51. The van der Waals surface area contributed by atoms with E-state index in [4.69, 9.17) is 0 Å². The molecular formula is C18H24N2. The standard InChI is InChI=1S/C18H24N2/c1-12(2)15-6-8-16(9-7-15)18(19-5)17-10-13(3)20-14(4)11-17/h6-12,18-19H,1-5H3. The maximum absolute atomic E-state index is 4.45. The van der Waals surface area contributed by atoms with Crippen molar-refractivity contribution in [2.75, 3.05) is 7.05 Å². The van der Waals surface area contributed by atoms with Gasteiger partial charge in [0.15, 0.2) is 0 Å². The molecule has 0 aliphatic rings. The third-order valence-electron chi connectivity index (χ3n) is 3.66. The molecule has 1 aromatic carbocycles. The fraction of sp³-hybridized carbons (Fsp3) is 0.389. The van der Waals surface area contributed by atoms with Gasteiger partial charge >= 0.3 is 0 Å². The highest BCUT2D eigenvalue weighted by Gasteiger charge is 2.13. The molecule has 2 nitrogen and oxygen atoms in total. The van der Waals surface area contributed by atoms with E-state index >= 15 is 0 Å². The first-order valence-corrected chi connectivity index (χ1v) is 7.23. The molecular weight excluding hydrogens is 244 g/mol. The lowest BCUT2D eigenvalue weighted by atomic mass is 9.95. The van der Waals surface area contributed by atoms with Crippen molar-refractivity contribution in [3.8, 4) is 0 Å². The molecule has 0 aliphatic heterocycles. The summed E-state index contributed by atoms with van der Waals surface area (Å²) in [7, 11) is 2.01. The minimum Gasteiger partial charge on any atom is -0.309 e. The topological polar surface area (TPSA) is 24.9 Å². The molecule has 2 aromatic rings. The summed E-state index contributed by atoms with van der Waals surface area (Å²) in [4.78, 5) is 4.45. The molecule has 0 radical (unpaired) electrons. The summed E-state index contributed by atoms with van der Waals surface area (Å²) in [5.74, 6) is 0.572. The Kier molecular flexibility index (Phi) is 4.56. The van der Waals surface area contributed by atoms with Gasteiger partial charge in [-0.25, -0.2) is 0 Å². The summed E-state index contributed by atoms with van der Waals surface area (Å²) in [6.07, 6.45) is 0. The summed E-state index contributed by atoms with van der Waals surface area (Å²) < 4.78 is 0. The van der Waals surface area contributed by atoms with Crippen molar-refractivity contribution in [2.24, 2.45) is 0 Å². The monoisotopic (exact) mass is 268 g/mol. The third-order valence-corrected chi connectivity index (χ3v) is 3.66. The number of rotatable bonds is 4. The number of hydrogen-bond acceptors (Lipinski definition) is 2. The Labute approximate surface area is 122 Å². The van der Waals surface area contributed by atoms with E-state index in [0.29, 0.717) is 5.92 Å². The van der Waals surface area contributed by atoms with Gasteiger partial charge in [-0.05, 0) is 55.6 Å². The highest BCUT2D eigenvalue weighted by Crippen LogP contribution is 2.24. The summed E-state index contributed by atoms with van der Waals surface area (Å²) in [6, 6.07) is 13.4. The third kappa shape index (κ3) is 3.26. The molecule has 106 valence electrons. The molecule has 20 heavy (non-hydrogen) atoms. The van der Waals surface area contributed by atoms with Gasteiger partial charge < -0.3 is 5.32 Å². The van der Waals surface area contributed by atoms with E-state index in [9.17, 15) is 0 Å². The van der Waals surface area contributed by atoms with Crippen LogP contribution in [0.3, 0.4) is 0 Å². The van der Waals surface area contributed by atoms with E-state index < -0.39 is 0 Å². The van der Waals surface area contributed by atoms with Crippen LogP contribution in [0.25, 0.3) is 0 Å². The molecule has 2 rings (SSSR count). The highest BCUT2D eigenvalue weighted by molar-refractivity contribution is 5.35. The Hall–Kier alpha value is -1.67. The molecule has 0 spiro atoms. The van der Waals surface area contributed by atoms with Gasteiger partial charge in [0.25, 0.3) is 0 Å². The van der Waals surface area contributed by atoms with Gasteiger partial charge in [0, 0.05) is 11.4 Å². The molecule has 0 bridgehead atoms. The van der Waals surface area contributed by atoms with E-state index in [1.807, 2.05) is 20.9 Å². The van der Waals surface area contributed by atoms with E-state index in [0.717, 1.165) is 11.4 Å². The van der Waals surface area contributed by atoms with Crippen molar-refractivity contribution in [1.29, 1.82) is 0 Å². The maximum Gasteiger partial charge on any atom is 0.0575 e. The summed E-state index contributed by atoms with van der Waals surface area (Å²) in [6.45, 7) is 8.54. The van der Waals surface area contributed by atoms with E-state index in [-0.39, 0.29) is 6.04 Å². The zero-order valence-corrected chi connectivity index (χ0v) is 13.1. The number of nitrogens with zero attached hydrogens (tertiary/aromatic N) is 1. The number of aromatic nitrogens is 1. The molecule has 0 aliphatic carbocycles. The van der Waals surface area contributed by atoms with Crippen LogP contribution in [-0.2, 0) is 0 Å². The van der Waals surface area contributed by atoms with Crippen molar-refractivity contribution in [1.82, 2.24) is 10.3 Å². The van der Waals surface area contributed by atoms with Crippen LogP contribution in [0.4, 0.5) is 0 Å². The average molecular weight is 268 g/mol. The van der Waals surface area contributed by atoms with Crippen molar-refractivity contribution in [3.63, 3.8) is 0 Å². The second-order valence-corrected chi connectivity index (χ2v) is 5.73. The fourth-order valence-electron chi connectivity index (χ4n) is 2.63. The quantitative estimate of drug-likeness (QED) is 0.901. The predicted molar refractivity (Wildman–Crippen MR) is 85.1 cm³/mol. The zero-order chi connectivity index (χ0) is 14.7. The van der Waals surface area contributed by atoms with Gasteiger partial charge in [-0.2, -0.15) is 0 Å². The van der Waals surface area contributed by atoms with Gasteiger partial charge in [-0.15, -0.1) is 0 Å². The Morgan fingerprint density at radius 2 is 1.35 bits per heavy atom. The molecule has 0 saturated carbocycles. The van der Waals surface area contributed by atoms with Gasteiger partial charge in [0.1, 0.15) is 0 Å². The molecule has 0 saturated heterocycles. The first-order valence-electron chi connectivity index (χ1n) is 7.23. The van der Waals surface area contributed by atoms with Crippen LogP contribution < -0.4 is 5.32 Å². The van der Waals surface area contributed by atoms with Crippen LogP contribution in [0.2, 0.25) is 0 Å². The summed E-state index contributed by atoms with van der Waals surface area (Å²) in [5.41, 5.74) is 6.08. The highest BCUT2D eigenvalue weighted by atomic mass is 14.9. The van der Waals surface area contributed by atoms with Gasteiger partial charge in [0.05, 0.1) is 6.04 Å². The molecule has 0 amide bonds. The number of benzene rings is 1. The molecule has 1 atom stereocenters. The van der Waals surface area contributed by atoms with Crippen LogP contribution >= 0.6 is 0 Å². The Morgan fingerprint density at radius 3 is 1.80 bits per heavy atom. The normalized spacial score (nSPS) is 12.7. The number of hydrogen-bond donors (Lipinski definition) is 1. The molecule has 0 fully saturated rings. The smallest absolute Gasteiger partial charge is 0.0575 e. The van der Waals surface area contributed by atoms with Crippen molar-refractivity contribution >= 4 is 0 Å². The average Bonchev–Trinajstić information content (AvgIpc) is 2.39. The van der Waals surface area contributed by atoms with E-state index in [2.05, 4.69) is 60.5 Å². The lowest BCUT2D eigenvalue weighted by Crippen LogP contribution is -2.18. The lowest BCUT2D eigenvalue weighted by molar-refractivity contribution is 0.687. The Balaban J connectivity index is 2.36. The lowest BCUT2D eigenvalue weighted by Gasteiger charge is -2.19. The van der Waals surface area contributed by atoms with Gasteiger partial charge in [-0.3, -0.25) is 4.98 Å². The predicted octanol–water partition coefficient (Wildman–Crippen LogP) is 4.13. The van der Waals surface area contributed by atoms with Crippen molar-refractivity contribution in [2.45, 2.75) is 39.7 Å². The molecule has 2 heteroatoms. The SMILES string of the molecule is CNC(c1ccc(C(C)C)cc1)c1cc(C)nc(C)c1. The minimum absolute atomic E-state index is 0.219. The molecule has 1 N–H and O–H groups in total. The Morgan fingerprint density at radius 1 is 0.850 bits per heavy atom. The second kappa shape index (κ2) is 6.19. The van der Waals surface area contributed by atoms with Crippen LogP contribution in [0.1, 0.15) is 53.9 Å². The first kappa shape index (κ1) is 14.7. The number of pyridine rings is 1. The van der Waals surface area contributed by atoms with Crippen LogP contribution in [0, 0.1) is 13.8 Å². The molecule has 1 heterocycles. The van der Waals surface area contributed by atoms with Crippen molar-refractivity contribution < 1.29 is 0 Å². The Bertz CT molecular complexity index is 550. The van der Waals surface area contributed by atoms with E-state index in [1.165, 1.54) is 16.7 Å². The second-order valence-electron chi connectivity index (χ2n) is 5.73. The fourth-order valence-corrected chi connectivity index (χ4v) is 2.63. The van der Waals surface area contributed by atoms with Crippen LogP contribution in [-0.4, -0.2) is 12.0 Å². The van der Waals surface area contributed by atoms with Crippen LogP contribution in [0.5, 0.6) is 0 Å². The maximum atomic E-state index is 4.45. The number of nitrogens with one attached hydrogen (secondary N) is 1. The number of aryl methyl sites for hydroxylation is 2. The minimum atomic E-state index is 0.219. The van der Waals surface area contributed by atoms with Crippen LogP contribution in [0.15, 0.2) is 36.4 Å². The van der Waals surface area contributed by atoms with Gasteiger partial charge in [0.2, 0.25) is 0 Å². The van der Waals surface area contributed by atoms with Crippen molar-refractivity contribution in [3.05, 3.63) is 64.5 Å². The molecule has 1 aromatic heterocycles. The summed E-state index contributed by atoms with van der Waals surface area (Å²) in [5, 5.41) is 3.41.